The fourth-order valence-corrected chi connectivity index (χ4v) is 3.91. The van der Waals surface area contributed by atoms with Gasteiger partial charge in [0.05, 0.1) is 11.6 Å². The third-order valence-corrected chi connectivity index (χ3v) is 5.16. The minimum absolute atomic E-state index is 0.168. The Morgan fingerprint density at radius 3 is 3.04 bits per heavy atom. The fraction of sp³-hybridized carbons (Fsp3) is 0.438. The molecule has 0 aromatic carbocycles. The number of likely N-dealkylation sites (tertiary alicyclic amines) is 1. The highest BCUT2D eigenvalue weighted by molar-refractivity contribution is 7.10. The molecular formula is C16H21N5O2S. The minimum Gasteiger partial charge on any atom is -0.366 e. The van der Waals surface area contributed by atoms with Gasteiger partial charge in [0.15, 0.2) is 0 Å². The van der Waals surface area contributed by atoms with E-state index in [0.717, 1.165) is 37.4 Å². The number of nitrogens with one attached hydrogen (secondary N) is 1. The number of thiophene rings is 1. The van der Waals surface area contributed by atoms with Crippen LogP contribution >= 0.6 is 11.3 Å². The number of piperidine rings is 1. The summed E-state index contributed by atoms with van der Waals surface area (Å²) in [7, 11) is 1.60. The molecule has 8 heteroatoms. The summed E-state index contributed by atoms with van der Waals surface area (Å²) < 4.78 is 1.89. The van der Waals surface area contributed by atoms with E-state index in [1.807, 2.05) is 22.3 Å². The second-order valence-corrected chi connectivity index (χ2v) is 6.95. The first-order valence-electron chi connectivity index (χ1n) is 7.93. The molecule has 0 aliphatic carbocycles. The molecule has 0 saturated carbocycles. The minimum atomic E-state index is -0.382. The molecule has 1 aliphatic heterocycles. The zero-order chi connectivity index (χ0) is 17.1. The topological polar surface area (TPSA) is 93.3 Å². The molecule has 3 N–H and O–H groups in total. The van der Waals surface area contributed by atoms with Gasteiger partial charge >= 0.3 is 0 Å². The van der Waals surface area contributed by atoms with Crippen LogP contribution in [0.1, 0.15) is 44.6 Å². The van der Waals surface area contributed by atoms with E-state index < -0.39 is 0 Å². The average molecular weight is 347 g/mol. The summed E-state index contributed by atoms with van der Waals surface area (Å²) >= 11 is 1.56. The Hall–Kier alpha value is -2.19. The van der Waals surface area contributed by atoms with E-state index in [-0.39, 0.29) is 17.9 Å². The summed E-state index contributed by atoms with van der Waals surface area (Å²) in [6.45, 7) is 2.70. The first kappa shape index (κ1) is 16.7. The monoisotopic (exact) mass is 347 g/mol. The zero-order valence-corrected chi connectivity index (χ0v) is 14.4. The van der Waals surface area contributed by atoms with Crippen molar-refractivity contribution in [3.63, 3.8) is 0 Å². The number of carbonyl (C=O) groups excluding carboxylic acids is 2. The van der Waals surface area contributed by atoms with Crippen LogP contribution in [0.3, 0.4) is 0 Å². The number of aromatic nitrogens is 2. The maximum Gasteiger partial charge on any atom is 0.271 e. The van der Waals surface area contributed by atoms with Crippen molar-refractivity contribution in [2.24, 2.45) is 5.73 Å². The Morgan fingerprint density at radius 1 is 1.50 bits per heavy atom. The molecule has 3 heterocycles. The summed E-state index contributed by atoms with van der Waals surface area (Å²) in [5, 5.41) is 8.79. The van der Waals surface area contributed by atoms with Crippen LogP contribution in [-0.4, -0.2) is 46.6 Å². The zero-order valence-electron chi connectivity index (χ0n) is 13.6. The Morgan fingerprint density at radius 2 is 2.33 bits per heavy atom. The number of primary amides is 1. The molecule has 2 aromatic rings. The molecule has 24 heavy (non-hydrogen) atoms. The number of nitrogens with zero attached hydrogens (tertiary/aromatic N) is 3. The number of hydrogen-bond donors (Lipinski definition) is 2. The van der Waals surface area contributed by atoms with Crippen LogP contribution in [0, 0.1) is 0 Å². The molecule has 0 radical (unpaired) electrons. The van der Waals surface area contributed by atoms with Gasteiger partial charge in [0.25, 0.3) is 5.91 Å². The van der Waals surface area contributed by atoms with Crippen LogP contribution in [0.4, 0.5) is 0 Å². The fourth-order valence-electron chi connectivity index (χ4n) is 2.99. The van der Waals surface area contributed by atoms with Crippen molar-refractivity contribution in [2.75, 3.05) is 20.1 Å². The number of hydrogen-bond acceptors (Lipinski definition) is 5. The van der Waals surface area contributed by atoms with Gasteiger partial charge in [-0.1, -0.05) is 0 Å². The van der Waals surface area contributed by atoms with E-state index in [4.69, 9.17) is 5.73 Å². The van der Waals surface area contributed by atoms with E-state index in [1.165, 1.54) is 0 Å². The van der Waals surface area contributed by atoms with E-state index >= 15 is 0 Å². The smallest absolute Gasteiger partial charge is 0.271 e. The highest BCUT2D eigenvalue weighted by Gasteiger charge is 2.23. The molecule has 2 aromatic heterocycles. The summed E-state index contributed by atoms with van der Waals surface area (Å²) in [5.41, 5.74) is 6.32. The van der Waals surface area contributed by atoms with Crippen molar-refractivity contribution >= 4 is 23.2 Å². The lowest BCUT2D eigenvalue weighted by Crippen LogP contribution is -2.36. The highest BCUT2D eigenvalue weighted by Crippen LogP contribution is 2.24. The first-order valence-corrected chi connectivity index (χ1v) is 8.81. The van der Waals surface area contributed by atoms with Crippen molar-refractivity contribution in [3.8, 4) is 0 Å². The van der Waals surface area contributed by atoms with Crippen LogP contribution in [-0.2, 0) is 6.54 Å². The molecule has 0 bridgehead atoms. The lowest BCUT2D eigenvalue weighted by molar-refractivity contribution is 0.0954. The van der Waals surface area contributed by atoms with Gasteiger partial charge in [0.2, 0.25) is 5.91 Å². The second kappa shape index (κ2) is 7.14. The molecule has 3 rings (SSSR count). The van der Waals surface area contributed by atoms with Crippen LogP contribution in [0.15, 0.2) is 23.7 Å². The van der Waals surface area contributed by atoms with Gasteiger partial charge in [0, 0.05) is 36.6 Å². The van der Waals surface area contributed by atoms with Gasteiger partial charge in [-0.2, -0.15) is 5.10 Å². The van der Waals surface area contributed by atoms with E-state index in [1.54, 1.807) is 24.5 Å². The van der Waals surface area contributed by atoms with Crippen LogP contribution < -0.4 is 11.1 Å². The van der Waals surface area contributed by atoms with Gasteiger partial charge in [-0.05, 0) is 31.5 Å². The lowest BCUT2D eigenvalue weighted by atomic mass is 10.1. The maximum absolute atomic E-state index is 11.6. The molecule has 7 nitrogen and oxygen atoms in total. The molecule has 1 atom stereocenters. The first-order chi connectivity index (χ1) is 11.6. The summed E-state index contributed by atoms with van der Waals surface area (Å²) in [6, 6.07) is 3.87. The summed E-state index contributed by atoms with van der Waals surface area (Å²) in [4.78, 5) is 26.3. The third-order valence-electron chi connectivity index (χ3n) is 4.24. The molecule has 1 aliphatic rings. The number of carbonyl (C=O) groups is 2. The maximum atomic E-state index is 11.6. The Labute approximate surface area is 144 Å². The van der Waals surface area contributed by atoms with Gasteiger partial charge < -0.3 is 11.1 Å². The van der Waals surface area contributed by atoms with E-state index in [9.17, 15) is 9.59 Å². The Bertz CT molecular complexity index is 738. The highest BCUT2D eigenvalue weighted by atomic mass is 32.1. The standard InChI is InChI=1S/C16H21N5O2S/c1-18-16(23)14-4-6-21(19-14)12-3-2-5-20(8-12)9-13-7-11(10-24-13)15(17)22/h4,6-7,10,12H,2-3,5,8-9H2,1H3,(H2,17,22)(H,18,23). The quantitative estimate of drug-likeness (QED) is 0.851. The van der Waals surface area contributed by atoms with E-state index in [2.05, 4.69) is 15.3 Å². The average Bonchev–Trinajstić information content (AvgIpc) is 3.24. The van der Waals surface area contributed by atoms with Crippen LogP contribution in [0.25, 0.3) is 0 Å². The molecule has 0 spiro atoms. The molecule has 1 saturated heterocycles. The van der Waals surface area contributed by atoms with Crippen LogP contribution in [0.2, 0.25) is 0 Å². The largest absolute Gasteiger partial charge is 0.366 e. The Kier molecular flexibility index (Phi) is 4.96. The normalized spacial score (nSPS) is 18.5. The third kappa shape index (κ3) is 3.65. The Balaban J connectivity index is 1.64. The summed E-state index contributed by atoms with van der Waals surface area (Å²) in [5.74, 6) is -0.550. The van der Waals surface area contributed by atoms with E-state index in [0.29, 0.717) is 11.3 Å². The molecule has 2 amide bonds. The lowest BCUT2D eigenvalue weighted by Gasteiger charge is -2.32. The van der Waals surface area contributed by atoms with Gasteiger partial charge in [-0.3, -0.25) is 19.2 Å². The van der Waals surface area contributed by atoms with Crippen molar-refractivity contribution in [1.29, 1.82) is 0 Å². The van der Waals surface area contributed by atoms with Crippen molar-refractivity contribution in [3.05, 3.63) is 39.8 Å². The number of rotatable bonds is 5. The molecule has 1 fully saturated rings. The van der Waals surface area contributed by atoms with Crippen molar-refractivity contribution in [1.82, 2.24) is 20.0 Å². The SMILES string of the molecule is CNC(=O)c1ccn(C2CCCN(Cc3cc(C(N)=O)cs3)C2)n1. The van der Waals surface area contributed by atoms with Gasteiger partial charge in [0.1, 0.15) is 5.69 Å². The van der Waals surface area contributed by atoms with Crippen LogP contribution in [0.5, 0.6) is 0 Å². The van der Waals surface area contributed by atoms with Gasteiger partial charge in [-0.15, -0.1) is 11.3 Å². The molecule has 1 unspecified atom stereocenters. The van der Waals surface area contributed by atoms with Gasteiger partial charge in [-0.25, -0.2) is 0 Å². The molecule has 128 valence electrons. The van der Waals surface area contributed by atoms with Crippen molar-refractivity contribution < 1.29 is 9.59 Å². The predicted molar refractivity (Wildman–Crippen MR) is 92.0 cm³/mol. The molecular weight excluding hydrogens is 326 g/mol. The van der Waals surface area contributed by atoms with Crippen molar-refractivity contribution in [2.45, 2.75) is 25.4 Å². The second-order valence-electron chi connectivity index (χ2n) is 5.96. The summed E-state index contributed by atoms with van der Waals surface area (Å²) in [6.07, 6.45) is 3.99. The number of amides is 2. The predicted octanol–water partition coefficient (Wildman–Crippen LogP) is 1.24. The number of nitrogens with two attached hydrogens (primary N) is 1.